The Kier molecular flexibility index (Phi) is 13.7. The van der Waals surface area contributed by atoms with E-state index in [2.05, 4.69) is 12.2 Å². The van der Waals surface area contributed by atoms with E-state index in [4.69, 9.17) is 0 Å². The molecule has 0 aromatic rings. The molecule has 0 aliphatic heterocycles. The van der Waals surface area contributed by atoms with Crippen molar-refractivity contribution in [3.05, 3.63) is 12.2 Å². The van der Waals surface area contributed by atoms with Crippen molar-refractivity contribution in [1.82, 2.24) is 5.32 Å². The molecule has 216 valence electrons. The summed E-state index contributed by atoms with van der Waals surface area (Å²) in [6, 6.07) is -0.913. The molecule has 0 heterocycles. The summed E-state index contributed by atoms with van der Waals surface area (Å²) in [4.78, 5) is 48.5. The van der Waals surface area contributed by atoms with Crippen LogP contribution >= 0.6 is 0 Å². The standard InChI is InChI=1S/C30H49NO7/c1-4-5-8-20-11-12-21(16-20)26(33)14-13-23-24(28(35)18-27(23)34)17-22(32)9-6-7-10-29(36)31-25(30(37)38)15-19(2)3/h13-14,19-21,23-27,33-34H,4-12,15-18H2,1-3H3,(H,31,36)(H,37,38)/b14-13+/t20-,21-,23+,24+,25-,26-,27+/m0/s1. The van der Waals surface area contributed by atoms with Gasteiger partial charge in [0, 0.05) is 37.5 Å². The van der Waals surface area contributed by atoms with E-state index in [9.17, 15) is 34.5 Å². The van der Waals surface area contributed by atoms with Crippen LogP contribution in [0, 0.1) is 29.6 Å². The second-order valence-corrected chi connectivity index (χ2v) is 11.9. The molecule has 2 aliphatic carbocycles. The van der Waals surface area contributed by atoms with Crippen molar-refractivity contribution < 1.29 is 34.5 Å². The smallest absolute Gasteiger partial charge is 0.326 e. The highest BCUT2D eigenvalue weighted by atomic mass is 16.4. The topological polar surface area (TPSA) is 141 Å². The van der Waals surface area contributed by atoms with Crippen molar-refractivity contribution in [3.63, 3.8) is 0 Å². The molecule has 0 aromatic carbocycles. The zero-order chi connectivity index (χ0) is 28.2. The van der Waals surface area contributed by atoms with Crippen LogP contribution in [0.4, 0.5) is 0 Å². The van der Waals surface area contributed by atoms with Gasteiger partial charge in [0.1, 0.15) is 17.6 Å². The number of Topliss-reactive ketones (excluding diaryl/α,β-unsaturated/α-hetero) is 2. The number of carboxylic acid groups (broad SMARTS) is 1. The van der Waals surface area contributed by atoms with E-state index >= 15 is 0 Å². The number of carbonyl (C=O) groups excluding carboxylic acids is 3. The van der Waals surface area contributed by atoms with Gasteiger partial charge in [0.25, 0.3) is 0 Å². The van der Waals surface area contributed by atoms with Crippen molar-refractivity contribution in [3.8, 4) is 0 Å². The predicted molar refractivity (Wildman–Crippen MR) is 145 cm³/mol. The first-order chi connectivity index (χ1) is 18.0. The summed E-state index contributed by atoms with van der Waals surface area (Å²) in [7, 11) is 0. The average Bonchev–Trinajstić information content (AvgIpc) is 3.42. The van der Waals surface area contributed by atoms with Crippen LogP contribution in [0.2, 0.25) is 0 Å². The minimum absolute atomic E-state index is 0.0207. The molecule has 8 nitrogen and oxygen atoms in total. The van der Waals surface area contributed by atoms with Crippen LogP contribution in [-0.4, -0.2) is 57.0 Å². The van der Waals surface area contributed by atoms with E-state index in [1.165, 1.54) is 19.3 Å². The number of carboxylic acids is 1. The molecule has 8 heteroatoms. The molecule has 2 saturated carbocycles. The number of ketones is 2. The number of hydrogen-bond donors (Lipinski definition) is 4. The van der Waals surface area contributed by atoms with Gasteiger partial charge in [-0.3, -0.25) is 14.4 Å². The van der Waals surface area contributed by atoms with Crippen molar-refractivity contribution in [2.24, 2.45) is 29.6 Å². The number of amides is 1. The van der Waals surface area contributed by atoms with Gasteiger partial charge in [-0.2, -0.15) is 0 Å². The zero-order valence-electron chi connectivity index (χ0n) is 23.4. The molecule has 2 aliphatic rings. The van der Waals surface area contributed by atoms with Gasteiger partial charge in [0.15, 0.2) is 0 Å². The Hall–Kier alpha value is -2.06. The molecular weight excluding hydrogens is 486 g/mol. The lowest BCUT2D eigenvalue weighted by Gasteiger charge is -2.19. The summed E-state index contributed by atoms with van der Waals surface area (Å²) >= 11 is 0. The Balaban J connectivity index is 1.78. The quantitative estimate of drug-likeness (QED) is 0.161. The maximum Gasteiger partial charge on any atom is 0.326 e. The van der Waals surface area contributed by atoms with Crippen molar-refractivity contribution in [2.45, 2.75) is 122 Å². The highest BCUT2D eigenvalue weighted by Crippen LogP contribution is 2.38. The van der Waals surface area contributed by atoms with Crippen LogP contribution in [-0.2, 0) is 19.2 Å². The summed E-state index contributed by atoms with van der Waals surface area (Å²) < 4.78 is 0. The number of rotatable bonds is 17. The fourth-order valence-corrected chi connectivity index (χ4v) is 5.98. The summed E-state index contributed by atoms with van der Waals surface area (Å²) in [6.07, 6.45) is 10.4. The maximum atomic E-state index is 12.6. The van der Waals surface area contributed by atoms with Gasteiger partial charge in [0.2, 0.25) is 5.91 Å². The lowest BCUT2D eigenvalue weighted by molar-refractivity contribution is -0.142. The molecule has 0 unspecified atom stereocenters. The van der Waals surface area contributed by atoms with Gasteiger partial charge < -0.3 is 20.6 Å². The lowest BCUT2D eigenvalue weighted by atomic mass is 9.87. The number of aliphatic hydroxyl groups excluding tert-OH is 2. The fourth-order valence-electron chi connectivity index (χ4n) is 5.98. The van der Waals surface area contributed by atoms with Gasteiger partial charge in [-0.25, -0.2) is 4.79 Å². The number of aliphatic hydroxyl groups is 2. The van der Waals surface area contributed by atoms with Crippen LogP contribution in [0.1, 0.15) is 104 Å². The van der Waals surface area contributed by atoms with Crippen LogP contribution in [0.5, 0.6) is 0 Å². The minimum atomic E-state index is -1.05. The molecular formula is C30H49NO7. The minimum Gasteiger partial charge on any atom is -0.480 e. The maximum absolute atomic E-state index is 12.6. The van der Waals surface area contributed by atoms with Gasteiger partial charge in [-0.15, -0.1) is 0 Å². The number of unbranched alkanes of at least 4 members (excludes halogenated alkanes) is 2. The van der Waals surface area contributed by atoms with E-state index < -0.39 is 36.1 Å². The Morgan fingerprint density at radius 2 is 1.82 bits per heavy atom. The average molecular weight is 536 g/mol. The molecule has 4 N–H and O–H groups in total. The highest BCUT2D eigenvalue weighted by molar-refractivity contribution is 5.90. The Labute approximate surface area is 227 Å². The Bertz CT molecular complexity index is 823. The van der Waals surface area contributed by atoms with Crippen molar-refractivity contribution in [2.75, 3.05) is 0 Å². The summed E-state index contributed by atoms with van der Waals surface area (Å²) in [5.41, 5.74) is 0. The zero-order valence-corrected chi connectivity index (χ0v) is 23.4. The highest BCUT2D eigenvalue weighted by Gasteiger charge is 2.41. The number of carbonyl (C=O) groups is 4. The molecule has 38 heavy (non-hydrogen) atoms. The first-order valence-electron chi connectivity index (χ1n) is 14.6. The van der Waals surface area contributed by atoms with Gasteiger partial charge in [0.05, 0.1) is 12.2 Å². The van der Waals surface area contributed by atoms with Crippen LogP contribution < -0.4 is 5.32 Å². The summed E-state index contributed by atoms with van der Waals surface area (Å²) in [6.45, 7) is 5.97. The van der Waals surface area contributed by atoms with E-state index in [1.54, 1.807) is 12.2 Å². The van der Waals surface area contributed by atoms with Gasteiger partial charge in [-0.1, -0.05) is 58.6 Å². The van der Waals surface area contributed by atoms with Crippen molar-refractivity contribution in [1.29, 1.82) is 0 Å². The molecule has 2 fully saturated rings. The summed E-state index contributed by atoms with van der Waals surface area (Å²) in [5, 5.41) is 32.9. The van der Waals surface area contributed by atoms with Crippen LogP contribution in [0.15, 0.2) is 12.2 Å². The SMILES string of the molecule is CCCC[C@H]1CC[C@H]([C@@H](O)/C=C/[C@H]2[C@H](O)CC(=O)[C@@H]2CC(=O)CCCCC(=O)N[C@@H](CC(C)C)C(=O)O)C1. The first kappa shape index (κ1) is 32.2. The summed E-state index contributed by atoms with van der Waals surface area (Å²) in [5.74, 6) is -1.67. The molecule has 0 saturated heterocycles. The number of aliphatic carboxylic acids is 1. The molecule has 0 spiro atoms. The predicted octanol–water partition coefficient (Wildman–Crippen LogP) is 4.21. The van der Waals surface area contributed by atoms with Gasteiger partial charge >= 0.3 is 5.97 Å². The molecule has 0 bridgehead atoms. The van der Waals surface area contributed by atoms with E-state index in [-0.39, 0.29) is 55.0 Å². The third kappa shape index (κ3) is 10.6. The first-order valence-corrected chi connectivity index (χ1v) is 14.6. The van der Waals surface area contributed by atoms with Crippen molar-refractivity contribution >= 4 is 23.4 Å². The van der Waals surface area contributed by atoms with Crippen LogP contribution in [0.3, 0.4) is 0 Å². The Morgan fingerprint density at radius 1 is 1.11 bits per heavy atom. The van der Waals surface area contributed by atoms with E-state index in [0.29, 0.717) is 25.2 Å². The van der Waals surface area contributed by atoms with Crippen LogP contribution in [0.25, 0.3) is 0 Å². The second kappa shape index (κ2) is 16.1. The Morgan fingerprint density at radius 3 is 2.47 bits per heavy atom. The third-order valence-corrected chi connectivity index (χ3v) is 8.19. The normalized spacial score (nSPS) is 27.2. The molecule has 0 radical (unpaired) electrons. The lowest BCUT2D eigenvalue weighted by Crippen LogP contribution is -2.41. The monoisotopic (exact) mass is 535 g/mol. The molecule has 7 atom stereocenters. The third-order valence-electron chi connectivity index (χ3n) is 8.19. The second-order valence-electron chi connectivity index (χ2n) is 11.9. The number of hydrogen-bond acceptors (Lipinski definition) is 6. The van der Waals surface area contributed by atoms with E-state index in [1.807, 2.05) is 13.8 Å². The largest absolute Gasteiger partial charge is 0.480 e. The molecule has 2 rings (SSSR count). The molecule has 0 aromatic heterocycles. The van der Waals surface area contributed by atoms with E-state index in [0.717, 1.165) is 19.3 Å². The van der Waals surface area contributed by atoms with Gasteiger partial charge in [-0.05, 0) is 49.9 Å². The molecule has 1 amide bonds. The number of nitrogens with one attached hydrogen (secondary N) is 1. The fraction of sp³-hybridized carbons (Fsp3) is 0.800.